The van der Waals surface area contributed by atoms with Crippen LogP contribution in [0.1, 0.15) is 51.1 Å². The topological polar surface area (TPSA) is 94.1 Å². The van der Waals surface area contributed by atoms with Gasteiger partial charge in [0.1, 0.15) is 11.5 Å². The van der Waals surface area contributed by atoms with Crippen molar-refractivity contribution in [3.63, 3.8) is 0 Å². The number of carbonyl (C=O) groups excluding carboxylic acids is 3. The molecule has 7 nitrogen and oxygen atoms in total. The maximum Gasteiger partial charge on any atom is 0.328 e. The monoisotopic (exact) mass is 388 g/mol. The second-order valence-electron chi connectivity index (χ2n) is 7.07. The van der Waals surface area contributed by atoms with Crippen molar-refractivity contribution in [3.05, 3.63) is 35.9 Å². The number of aliphatic imine (C=N–C) groups is 1. The zero-order chi connectivity index (χ0) is 20.7. The minimum absolute atomic E-state index is 0.0618. The van der Waals surface area contributed by atoms with E-state index in [1.807, 2.05) is 37.3 Å². The molecule has 3 atom stereocenters. The van der Waals surface area contributed by atoms with Gasteiger partial charge in [-0.15, -0.1) is 0 Å². The highest BCUT2D eigenvalue weighted by Gasteiger charge is 2.50. The van der Waals surface area contributed by atoms with Crippen LogP contribution in [-0.4, -0.2) is 43.8 Å². The molecule has 1 saturated carbocycles. The number of esters is 2. The molecule has 1 aliphatic rings. The minimum atomic E-state index is -1.06. The van der Waals surface area contributed by atoms with Crippen LogP contribution in [0.2, 0.25) is 0 Å². The van der Waals surface area contributed by atoms with Gasteiger partial charge in [0.2, 0.25) is 5.91 Å². The van der Waals surface area contributed by atoms with Crippen LogP contribution in [0, 0.1) is 5.41 Å². The van der Waals surface area contributed by atoms with E-state index in [4.69, 9.17) is 14.5 Å². The van der Waals surface area contributed by atoms with E-state index in [0.29, 0.717) is 18.6 Å². The molecule has 28 heavy (non-hydrogen) atoms. The molecule has 0 bridgehead atoms. The summed E-state index contributed by atoms with van der Waals surface area (Å²) in [5, 5.41) is 2.59. The molecule has 0 saturated heterocycles. The van der Waals surface area contributed by atoms with Crippen LogP contribution in [-0.2, 0) is 23.9 Å². The van der Waals surface area contributed by atoms with Crippen molar-refractivity contribution in [2.75, 3.05) is 14.2 Å². The van der Waals surface area contributed by atoms with Crippen LogP contribution in [0.5, 0.6) is 0 Å². The van der Waals surface area contributed by atoms with Crippen molar-refractivity contribution in [3.8, 4) is 0 Å². The summed E-state index contributed by atoms with van der Waals surface area (Å²) in [5.74, 6) is -1.41. The number of carbonyl (C=O) groups is 3. The van der Waals surface area contributed by atoms with E-state index >= 15 is 0 Å². The Morgan fingerprint density at radius 2 is 1.86 bits per heavy atom. The van der Waals surface area contributed by atoms with Crippen molar-refractivity contribution < 1.29 is 23.9 Å². The fraction of sp³-hybridized carbons (Fsp3) is 0.524. The third kappa shape index (κ3) is 4.77. The van der Waals surface area contributed by atoms with Crippen LogP contribution in [0.3, 0.4) is 0 Å². The van der Waals surface area contributed by atoms with E-state index < -0.39 is 23.4 Å². The smallest absolute Gasteiger partial charge is 0.328 e. The van der Waals surface area contributed by atoms with Gasteiger partial charge in [0, 0.05) is 12.6 Å². The molecule has 1 aromatic rings. The second-order valence-corrected chi connectivity index (χ2v) is 7.07. The maximum atomic E-state index is 12.8. The van der Waals surface area contributed by atoms with E-state index in [-0.39, 0.29) is 18.4 Å². The van der Waals surface area contributed by atoms with Gasteiger partial charge < -0.3 is 14.8 Å². The van der Waals surface area contributed by atoms with E-state index in [9.17, 15) is 14.4 Å². The number of nitrogens with one attached hydrogen (secondary N) is 1. The lowest BCUT2D eigenvalue weighted by molar-refractivity contribution is -0.152. The Morgan fingerprint density at radius 1 is 1.18 bits per heavy atom. The molecule has 2 unspecified atom stereocenters. The number of ether oxygens (including phenoxy) is 2. The Balaban J connectivity index is 2.41. The van der Waals surface area contributed by atoms with E-state index in [1.165, 1.54) is 21.1 Å². The van der Waals surface area contributed by atoms with Crippen LogP contribution in [0.15, 0.2) is 35.3 Å². The van der Waals surface area contributed by atoms with Crippen LogP contribution in [0.25, 0.3) is 0 Å². The molecule has 1 N–H and O–H groups in total. The molecule has 152 valence electrons. The van der Waals surface area contributed by atoms with Gasteiger partial charge in [-0.25, -0.2) is 4.79 Å². The summed E-state index contributed by atoms with van der Waals surface area (Å²) in [4.78, 5) is 41.4. The molecule has 0 heterocycles. The lowest BCUT2D eigenvalue weighted by Gasteiger charge is -2.31. The first-order valence-corrected chi connectivity index (χ1v) is 9.39. The molecule has 0 aliphatic heterocycles. The predicted octanol–water partition coefficient (Wildman–Crippen LogP) is 2.60. The standard InChI is InChI=1S/C21H28N2O5/c1-14(16-9-6-5-7-10-16)22-18-11-8-12-21(18,20(26)28-4)13-17(19(25)27-3)23-15(2)24/h5-7,9-10,14,17H,8,11-13H2,1-4H3,(H,23,24)/b22-18+/t14?,17?,21-/m0/s1. The number of nitrogens with zero attached hydrogens (tertiary/aromatic N) is 1. The molecule has 0 radical (unpaired) electrons. The Bertz CT molecular complexity index is 746. The first kappa shape index (κ1) is 21.6. The largest absolute Gasteiger partial charge is 0.468 e. The third-order valence-corrected chi connectivity index (χ3v) is 5.19. The summed E-state index contributed by atoms with van der Waals surface area (Å²) in [6, 6.07) is 8.70. The molecule has 1 amide bonds. The highest BCUT2D eigenvalue weighted by Crippen LogP contribution is 2.42. The fourth-order valence-corrected chi connectivity index (χ4v) is 3.82. The summed E-state index contributed by atoms with van der Waals surface area (Å²) in [6.07, 6.45) is 1.96. The highest BCUT2D eigenvalue weighted by atomic mass is 16.5. The van der Waals surface area contributed by atoms with Crippen molar-refractivity contribution in [2.45, 2.75) is 51.6 Å². The zero-order valence-electron chi connectivity index (χ0n) is 16.9. The predicted molar refractivity (Wildman–Crippen MR) is 105 cm³/mol. The maximum absolute atomic E-state index is 12.8. The number of benzene rings is 1. The van der Waals surface area contributed by atoms with Gasteiger partial charge in [0.05, 0.1) is 20.3 Å². The van der Waals surface area contributed by atoms with Gasteiger partial charge in [-0.3, -0.25) is 14.6 Å². The molecule has 1 aliphatic carbocycles. The van der Waals surface area contributed by atoms with Gasteiger partial charge in [-0.2, -0.15) is 0 Å². The molecular weight excluding hydrogens is 360 g/mol. The summed E-state index contributed by atoms with van der Waals surface area (Å²) >= 11 is 0. The van der Waals surface area contributed by atoms with Crippen molar-refractivity contribution in [1.29, 1.82) is 0 Å². The quantitative estimate of drug-likeness (QED) is 0.725. The SMILES string of the molecule is COC(=O)C(C[C@@]1(C(=O)OC)CCC/C1=N\C(C)c1ccccc1)NC(C)=O. The molecule has 1 fully saturated rings. The minimum Gasteiger partial charge on any atom is -0.468 e. The average Bonchev–Trinajstić information content (AvgIpc) is 3.09. The number of methoxy groups -OCH3 is 2. The van der Waals surface area contributed by atoms with Crippen LogP contribution < -0.4 is 5.32 Å². The first-order valence-electron chi connectivity index (χ1n) is 9.39. The van der Waals surface area contributed by atoms with Gasteiger partial charge in [-0.05, 0) is 38.2 Å². The third-order valence-electron chi connectivity index (χ3n) is 5.19. The van der Waals surface area contributed by atoms with E-state index in [2.05, 4.69) is 5.32 Å². The van der Waals surface area contributed by atoms with Gasteiger partial charge in [0.25, 0.3) is 0 Å². The Hall–Kier alpha value is -2.70. The molecule has 7 heteroatoms. The number of hydrogen-bond acceptors (Lipinski definition) is 6. The van der Waals surface area contributed by atoms with Gasteiger partial charge in [0.15, 0.2) is 0 Å². The summed E-state index contributed by atoms with van der Waals surface area (Å²) in [7, 11) is 2.58. The van der Waals surface area contributed by atoms with Crippen molar-refractivity contribution in [1.82, 2.24) is 5.32 Å². The highest BCUT2D eigenvalue weighted by molar-refractivity contribution is 6.08. The first-order chi connectivity index (χ1) is 13.3. The summed E-state index contributed by atoms with van der Waals surface area (Å²) < 4.78 is 9.91. The normalized spacial score (nSPS) is 22.4. The summed E-state index contributed by atoms with van der Waals surface area (Å²) in [5.41, 5.74) is 0.682. The fourth-order valence-electron chi connectivity index (χ4n) is 3.82. The Kier molecular flexibility index (Phi) is 7.31. The summed E-state index contributed by atoms with van der Waals surface area (Å²) in [6.45, 7) is 3.29. The van der Waals surface area contributed by atoms with Gasteiger partial charge in [-0.1, -0.05) is 30.3 Å². The number of rotatable bonds is 7. The van der Waals surface area contributed by atoms with Crippen molar-refractivity contribution in [2.24, 2.45) is 10.4 Å². The Morgan fingerprint density at radius 3 is 2.43 bits per heavy atom. The van der Waals surface area contributed by atoms with Crippen molar-refractivity contribution >= 4 is 23.6 Å². The molecule has 1 aromatic carbocycles. The molecule has 0 spiro atoms. The molecule has 2 rings (SSSR count). The second kappa shape index (κ2) is 9.48. The van der Waals surface area contributed by atoms with Crippen LogP contribution in [0.4, 0.5) is 0 Å². The van der Waals surface area contributed by atoms with Gasteiger partial charge >= 0.3 is 11.9 Å². The lowest BCUT2D eigenvalue weighted by atomic mass is 9.78. The average molecular weight is 388 g/mol. The van der Waals surface area contributed by atoms with E-state index in [0.717, 1.165) is 12.0 Å². The number of hydrogen-bond donors (Lipinski definition) is 1. The lowest BCUT2D eigenvalue weighted by Crippen LogP contribution is -2.48. The zero-order valence-corrected chi connectivity index (χ0v) is 16.9. The Labute approximate surface area is 165 Å². The molecule has 0 aromatic heterocycles. The van der Waals surface area contributed by atoms with E-state index in [1.54, 1.807) is 0 Å². The van der Waals surface area contributed by atoms with Crippen LogP contribution >= 0.6 is 0 Å². The number of amides is 1. The molecular formula is C21H28N2O5.